The van der Waals surface area contributed by atoms with Crippen LogP contribution in [0.4, 0.5) is 15.3 Å². The van der Waals surface area contributed by atoms with Gasteiger partial charge in [-0.25, -0.2) is 9.59 Å². The molecule has 2 aromatic carbocycles. The molecule has 3 rings (SSSR count). The van der Waals surface area contributed by atoms with Crippen LogP contribution in [0.1, 0.15) is 170 Å². The van der Waals surface area contributed by atoms with Crippen LogP contribution >= 0.6 is 0 Å². The van der Waals surface area contributed by atoms with Gasteiger partial charge in [-0.15, -0.1) is 0 Å². The van der Waals surface area contributed by atoms with Gasteiger partial charge in [-0.05, 0) is 91.9 Å². The Morgan fingerprint density at radius 2 is 1.39 bits per heavy atom. The van der Waals surface area contributed by atoms with Gasteiger partial charge < -0.3 is 60.5 Å². The van der Waals surface area contributed by atoms with Crippen molar-refractivity contribution >= 4 is 64.6 Å². The third-order valence-corrected chi connectivity index (χ3v) is 17.5. The average Bonchev–Trinajstić information content (AvgIpc) is 4.06. The van der Waals surface area contributed by atoms with Crippen molar-refractivity contribution in [2.24, 2.45) is 53.1 Å². The van der Waals surface area contributed by atoms with Crippen LogP contribution in [0.2, 0.25) is 0 Å². The summed E-state index contributed by atoms with van der Waals surface area (Å²) in [6.07, 6.45) is 0.0196. The molecule has 0 unspecified atom stereocenters. The Labute approximate surface area is 523 Å². The third kappa shape index (κ3) is 23.1. The van der Waals surface area contributed by atoms with E-state index in [1.807, 2.05) is 85.7 Å². The number of nitrogens with one attached hydrogen (secondary N) is 3. The molecular weight excluding hydrogens is 1130 g/mol. The molecule has 88 heavy (non-hydrogen) atoms. The lowest BCUT2D eigenvalue weighted by atomic mass is 9.83. The van der Waals surface area contributed by atoms with Crippen LogP contribution in [0.25, 0.3) is 0 Å². The lowest BCUT2D eigenvalue weighted by Gasteiger charge is -2.41. The molecule has 0 aliphatic carbocycles. The van der Waals surface area contributed by atoms with Gasteiger partial charge >= 0.3 is 12.1 Å². The molecule has 492 valence electrons. The van der Waals surface area contributed by atoms with Crippen LogP contribution in [0.3, 0.4) is 0 Å². The molecular formula is C67H105N7O14. The van der Waals surface area contributed by atoms with Crippen LogP contribution in [-0.2, 0) is 59.2 Å². The summed E-state index contributed by atoms with van der Waals surface area (Å²) in [5, 5.41) is 19.1. The number of nitrogens with zero attached hydrogens (tertiary/aromatic N) is 3. The number of amides is 7. The van der Waals surface area contributed by atoms with Crippen LogP contribution in [0.15, 0.2) is 54.6 Å². The van der Waals surface area contributed by atoms with E-state index in [2.05, 4.69) is 16.0 Å². The van der Waals surface area contributed by atoms with Crippen molar-refractivity contribution in [2.75, 3.05) is 46.7 Å². The fraction of sp³-hybridized carbons (Fsp3) is 0.672. The zero-order valence-corrected chi connectivity index (χ0v) is 55.1. The fourth-order valence-electron chi connectivity index (χ4n) is 12.1. The molecule has 0 bridgehead atoms. The number of carbonyl (C=O) groups excluding carboxylic acids is 10. The van der Waals surface area contributed by atoms with Crippen molar-refractivity contribution in [3.63, 3.8) is 0 Å². The van der Waals surface area contributed by atoms with Crippen LogP contribution in [-0.4, -0.2) is 156 Å². The molecule has 1 saturated heterocycles. The molecule has 1 aliphatic rings. The van der Waals surface area contributed by atoms with Crippen molar-refractivity contribution in [1.82, 2.24) is 25.3 Å². The summed E-state index contributed by atoms with van der Waals surface area (Å²) in [4.78, 5) is 139. The number of aliphatic hydroxyl groups is 1. The predicted octanol–water partition coefficient (Wildman–Crippen LogP) is 8.62. The Morgan fingerprint density at radius 1 is 0.739 bits per heavy atom. The number of rotatable bonds is 39. The van der Waals surface area contributed by atoms with Gasteiger partial charge in [0.25, 0.3) is 0 Å². The summed E-state index contributed by atoms with van der Waals surface area (Å²) < 4.78 is 17.8. The van der Waals surface area contributed by atoms with Gasteiger partial charge in [0.05, 0.1) is 48.9 Å². The van der Waals surface area contributed by atoms with E-state index in [0.29, 0.717) is 49.9 Å². The minimum atomic E-state index is -0.956. The topological polar surface area (TPSA) is 290 Å². The SMILES string of the molecule is CC[C@@H](C)[C@H]([C@H](CC(=O)N1CCC[C@@H]1[C@@H](OC)[C@H](C)C(=O)C[C@@H](C)[C@H](O)c1ccccc1)OC)N(C)C(=O)[C@H](CC(=O)[C@@H](C(C)C)N(C)C(=O)OCc1ccc(NC(=O)[C@@H](CCCNC(N)=O)CC(=O)[C@H](NC(=O)CCCC(C)=O)C(C)C)cc1)C(C)C. The zero-order chi connectivity index (χ0) is 66.1. The Hall–Kier alpha value is -6.58. The molecule has 1 aliphatic heterocycles. The second-order valence-electron chi connectivity index (χ2n) is 25.3. The number of likely N-dealkylation sites (N-methyl/N-ethyl adjacent to an activating group) is 2. The van der Waals surface area contributed by atoms with E-state index in [-0.39, 0.29) is 135 Å². The largest absolute Gasteiger partial charge is 0.445 e. The molecule has 21 nitrogen and oxygen atoms in total. The number of hydrogen-bond acceptors (Lipinski definition) is 14. The van der Waals surface area contributed by atoms with E-state index < -0.39 is 72.2 Å². The summed E-state index contributed by atoms with van der Waals surface area (Å²) in [5.41, 5.74) is 6.93. The van der Waals surface area contributed by atoms with E-state index in [1.165, 1.54) is 26.0 Å². The van der Waals surface area contributed by atoms with E-state index in [0.717, 1.165) is 5.56 Å². The number of likely N-dealkylation sites (tertiary alicyclic amines) is 1. The highest BCUT2D eigenvalue weighted by Gasteiger charge is 2.44. The smallest absolute Gasteiger partial charge is 0.410 e. The van der Waals surface area contributed by atoms with Crippen LogP contribution in [0.5, 0.6) is 0 Å². The highest BCUT2D eigenvalue weighted by Crippen LogP contribution is 2.33. The first kappa shape index (κ1) is 75.7. The van der Waals surface area contributed by atoms with Gasteiger partial charge in [-0.2, -0.15) is 0 Å². The van der Waals surface area contributed by atoms with Gasteiger partial charge in [0, 0.05) is 96.9 Å². The Bertz CT molecular complexity index is 2600. The van der Waals surface area contributed by atoms with Crippen molar-refractivity contribution in [2.45, 2.75) is 202 Å². The molecule has 0 aromatic heterocycles. The highest BCUT2D eigenvalue weighted by molar-refractivity contribution is 5.97. The second-order valence-corrected chi connectivity index (χ2v) is 25.3. The maximum absolute atomic E-state index is 14.9. The van der Waals surface area contributed by atoms with Gasteiger partial charge in [-0.1, -0.05) is 118 Å². The van der Waals surface area contributed by atoms with Crippen molar-refractivity contribution in [3.8, 4) is 0 Å². The molecule has 12 atom stereocenters. The summed E-state index contributed by atoms with van der Waals surface area (Å²) in [6, 6.07) is 12.3. The summed E-state index contributed by atoms with van der Waals surface area (Å²) in [7, 11) is 6.25. The molecule has 0 spiro atoms. The zero-order valence-electron chi connectivity index (χ0n) is 55.1. The van der Waals surface area contributed by atoms with E-state index in [1.54, 1.807) is 62.1 Å². The number of ether oxygens (including phenoxy) is 3. The number of hydrogen-bond donors (Lipinski definition) is 5. The summed E-state index contributed by atoms with van der Waals surface area (Å²) in [5.74, 6) is -5.72. The molecule has 7 amide bonds. The highest BCUT2D eigenvalue weighted by atomic mass is 16.6. The molecule has 0 radical (unpaired) electrons. The molecule has 0 saturated carbocycles. The fourth-order valence-corrected chi connectivity index (χ4v) is 12.1. The van der Waals surface area contributed by atoms with Crippen LogP contribution < -0.4 is 21.7 Å². The number of methoxy groups -OCH3 is 2. The predicted molar refractivity (Wildman–Crippen MR) is 337 cm³/mol. The molecule has 1 fully saturated rings. The molecule has 6 N–H and O–H groups in total. The van der Waals surface area contributed by atoms with Gasteiger partial charge in [0.2, 0.25) is 23.6 Å². The monoisotopic (exact) mass is 1230 g/mol. The number of urea groups is 1. The lowest BCUT2D eigenvalue weighted by Crippen LogP contribution is -2.54. The minimum Gasteiger partial charge on any atom is -0.445 e. The number of aliphatic hydroxyl groups excluding tert-OH is 1. The van der Waals surface area contributed by atoms with Gasteiger partial charge in [0.15, 0.2) is 11.6 Å². The molecule has 2 aromatic rings. The lowest BCUT2D eigenvalue weighted by molar-refractivity contribution is -0.149. The number of primary amides is 1. The third-order valence-electron chi connectivity index (χ3n) is 17.5. The van der Waals surface area contributed by atoms with Crippen molar-refractivity contribution in [3.05, 3.63) is 65.7 Å². The number of ketones is 4. The van der Waals surface area contributed by atoms with Gasteiger partial charge in [0.1, 0.15) is 18.2 Å². The molecule has 1 heterocycles. The van der Waals surface area contributed by atoms with Crippen LogP contribution in [0, 0.1) is 47.3 Å². The number of Topliss-reactive ketones (excluding diaryl/α,β-unsaturated/α-hetero) is 4. The number of carbonyl (C=O) groups is 10. The Kier molecular flexibility index (Phi) is 32.2. The second kappa shape index (κ2) is 37.4. The maximum Gasteiger partial charge on any atom is 0.410 e. The Balaban J connectivity index is 1.71. The standard InChI is InChI=1S/C67H105N7O14/c1-16-43(8)61(56(86-14)38-58(80)74-34-22-27-52(74)63(87-15)46(11)53(76)35-44(9)62(81)48-24-18-17-19-25-48)72(12)65(83)51(40(2)3)37-55(78)60(42(6)7)73(13)67(85)88-39-47-29-31-50(32-30-47)70-64(82)49(26-21-33-69-66(68)84)36-54(77)59(41(4)5)71-57(79)28-20-23-45(10)75/h17-19,24-25,29-32,40-44,46,49,51-52,56,59-63,81H,16,20-23,26-28,33-39H2,1-15H3,(H,70,82)(H,71,79)(H3,68,69,84)/t43-,44-,46-,49+,51-,52-,56+,59-,60-,61-,62+,63+/m1/s1. The summed E-state index contributed by atoms with van der Waals surface area (Å²) in [6.45, 7) is 20.5. The van der Waals surface area contributed by atoms with Crippen molar-refractivity contribution < 1.29 is 67.3 Å². The molecule has 21 heteroatoms. The van der Waals surface area contributed by atoms with E-state index in [4.69, 9.17) is 19.9 Å². The van der Waals surface area contributed by atoms with Crippen molar-refractivity contribution in [1.29, 1.82) is 0 Å². The summed E-state index contributed by atoms with van der Waals surface area (Å²) >= 11 is 0. The maximum atomic E-state index is 14.9. The quantitative estimate of drug-likeness (QED) is 0.0392. The number of benzene rings is 2. The first-order valence-corrected chi connectivity index (χ1v) is 31.5. The average molecular weight is 1230 g/mol. The normalized spacial score (nSPS) is 17.1. The number of anilines is 1. The van der Waals surface area contributed by atoms with E-state index in [9.17, 15) is 53.1 Å². The minimum absolute atomic E-state index is 0.0414. The van der Waals surface area contributed by atoms with Gasteiger partial charge in [-0.3, -0.25) is 33.6 Å². The number of nitrogens with two attached hydrogens (primary N) is 1. The Morgan fingerprint density at radius 3 is 1.94 bits per heavy atom. The first-order valence-electron chi connectivity index (χ1n) is 31.5. The first-order chi connectivity index (χ1) is 41.5. The van der Waals surface area contributed by atoms with E-state index >= 15 is 0 Å².